The second-order valence-corrected chi connectivity index (χ2v) is 2.19. The van der Waals surface area contributed by atoms with Crippen molar-refractivity contribution in [3.8, 4) is 5.88 Å². The molecule has 1 aromatic heterocycles. The van der Waals surface area contributed by atoms with Gasteiger partial charge in [-0.2, -0.15) is 0 Å². The standard InChI is InChI=1S/C8H11NO2/c1-7-3-2-4-8(9-7)11-6-5-10/h2-4,10H,5-6H2,1H3. The first kappa shape index (κ1) is 8.01. The molecule has 1 N–H and O–H groups in total. The van der Waals surface area contributed by atoms with Crippen LogP contribution in [0.3, 0.4) is 0 Å². The number of aliphatic hydroxyl groups excluding tert-OH is 1. The summed E-state index contributed by atoms with van der Waals surface area (Å²) in [6.07, 6.45) is 0. The Kier molecular flexibility index (Phi) is 2.86. The predicted molar refractivity (Wildman–Crippen MR) is 41.6 cm³/mol. The average molecular weight is 153 g/mol. The molecule has 3 nitrogen and oxygen atoms in total. The number of pyridine rings is 1. The fourth-order valence-electron chi connectivity index (χ4n) is 0.749. The number of aryl methyl sites for hydroxylation is 1. The minimum Gasteiger partial charge on any atom is -0.475 e. The normalized spacial score (nSPS) is 9.64. The number of hydrogen-bond donors (Lipinski definition) is 1. The van der Waals surface area contributed by atoms with Gasteiger partial charge in [-0.05, 0) is 13.0 Å². The Labute approximate surface area is 65.7 Å². The van der Waals surface area contributed by atoms with Crippen LogP contribution < -0.4 is 4.74 Å². The zero-order valence-corrected chi connectivity index (χ0v) is 6.45. The molecule has 0 saturated carbocycles. The SMILES string of the molecule is Cc1cccc(OCCO)n1. The zero-order valence-electron chi connectivity index (χ0n) is 6.45. The molecule has 0 aliphatic carbocycles. The summed E-state index contributed by atoms with van der Waals surface area (Å²) in [6.45, 7) is 2.22. The van der Waals surface area contributed by atoms with Gasteiger partial charge in [0, 0.05) is 11.8 Å². The van der Waals surface area contributed by atoms with Crippen molar-refractivity contribution in [1.29, 1.82) is 0 Å². The van der Waals surface area contributed by atoms with Crippen LogP contribution in [0.1, 0.15) is 5.69 Å². The van der Waals surface area contributed by atoms with Crippen LogP contribution in [0.4, 0.5) is 0 Å². The maximum absolute atomic E-state index is 8.44. The van der Waals surface area contributed by atoms with Crippen molar-refractivity contribution in [3.05, 3.63) is 23.9 Å². The summed E-state index contributed by atoms with van der Waals surface area (Å²) in [5.74, 6) is 0.569. The Morgan fingerprint density at radius 2 is 2.36 bits per heavy atom. The second-order valence-electron chi connectivity index (χ2n) is 2.19. The van der Waals surface area contributed by atoms with Gasteiger partial charge >= 0.3 is 0 Å². The minimum atomic E-state index is 0.0234. The van der Waals surface area contributed by atoms with E-state index in [1.165, 1.54) is 0 Å². The Bertz CT molecular complexity index is 225. The van der Waals surface area contributed by atoms with Gasteiger partial charge in [-0.25, -0.2) is 4.98 Å². The molecule has 1 rings (SSSR count). The maximum Gasteiger partial charge on any atom is 0.213 e. The smallest absolute Gasteiger partial charge is 0.213 e. The van der Waals surface area contributed by atoms with E-state index in [2.05, 4.69) is 4.98 Å². The largest absolute Gasteiger partial charge is 0.475 e. The van der Waals surface area contributed by atoms with E-state index in [1.54, 1.807) is 6.07 Å². The average Bonchev–Trinajstić information content (AvgIpc) is 2.01. The van der Waals surface area contributed by atoms with Gasteiger partial charge in [-0.1, -0.05) is 6.07 Å². The first-order valence-corrected chi connectivity index (χ1v) is 3.50. The first-order chi connectivity index (χ1) is 5.33. The monoisotopic (exact) mass is 153 g/mol. The zero-order chi connectivity index (χ0) is 8.10. The molecule has 60 valence electrons. The summed E-state index contributed by atoms with van der Waals surface area (Å²) >= 11 is 0. The van der Waals surface area contributed by atoms with Crippen molar-refractivity contribution in [2.45, 2.75) is 6.92 Å². The molecule has 0 aromatic carbocycles. The molecule has 0 unspecified atom stereocenters. The van der Waals surface area contributed by atoms with Crippen molar-refractivity contribution in [1.82, 2.24) is 4.98 Å². The molecule has 1 aromatic rings. The number of ether oxygens (including phenoxy) is 1. The highest BCUT2D eigenvalue weighted by Gasteiger charge is 1.92. The highest BCUT2D eigenvalue weighted by molar-refractivity contribution is 5.14. The second kappa shape index (κ2) is 3.93. The molecule has 0 aliphatic heterocycles. The van der Waals surface area contributed by atoms with Gasteiger partial charge in [-0.15, -0.1) is 0 Å². The van der Waals surface area contributed by atoms with Crippen molar-refractivity contribution in [2.75, 3.05) is 13.2 Å². The molecule has 1 heterocycles. The number of aliphatic hydroxyl groups is 1. The summed E-state index contributed by atoms with van der Waals surface area (Å²) in [5.41, 5.74) is 0.917. The van der Waals surface area contributed by atoms with Gasteiger partial charge in [0.15, 0.2) is 0 Å². The topological polar surface area (TPSA) is 42.4 Å². The number of nitrogens with zero attached hydrogens (tertiary/aromatic N) is 1. The van der Waals surface area contributed by atoms with Gasteiger partial charge < -0.3 is 9.84 Å². The number of rotatable bonds is 3. The lowest BCUT2D eigenvalue weighted by molar-refractivity contribution is 0.196. The quantitative estimate of drug-likeness (QED) is 0.697. The summed E-state index contributed by atoms with van der Waals surface area (Å²) in [6, 6.07) is 5.53. The van der Waals surface area contributed by atoms with Crippen LogP contribution in [0.5, 0.6) is 5.88 Å². The Morgan fingerprint density at radius 1 is 1.55 bits per heavy atom. The van der Waals surface area contributed by atoms with E-state index in [4.69, 9.17) is 9.84 Å². The van der Waals surface area contributed by atoms with Crippen LogP contribution in [0.2, 0.25) is 0 Å². The number of aromatic nitrogens is 1. The molecular formula is C8H11NO2. The summed E-state index contributed by atoms with van der Waals surface area (Å²) in [4.78, 5) is 4.08. The molecular weight excluding hydrogens is 142 g/mol. The van der Waals surface area contributed by atoms with Crippen LogP contribution in [0, 0.1) is 6.92 Å². The maximum atomic E-state index is 8.44. The highest BCUT2D eigenvalue weighted by atomic mass is 16.5. The third kappa shape index (κ3) is 2.55. The van der Waals surface area contributed by atoms with E-state index < -0.39 is 0 Å². The lowest BCUT2D eigenvalue weighted by Gasteiger charge is -2.02. The van der Waals surface area contributed by atoms with Crippen LogP contribution in [-0.2, 0) is 0 Å². The van der Waals surface area contributed by atoms with Gasteiger partial charge in [0.05, 0.1) is 6.61 Å². The Balaban J connectivity index is 2.56. The molecule has 0 bridgehead atoms. The molecule has 0 spiro atoms. The molecule has 0 aliphatic rings. The summed E-state index contributed by atoms with van der Waals surface area (Å²) in [7, 11) is 0. The minimum absolute atomic E-state index is 0.0234. The van der Waals surface area contributed by atoms with Gasteiger partial charge in [0.1, 0.15) is 6.61 Å². The number of hydrogen-bond acceptors (Lipinski definition) is 3. The van der Waals surface area contributed by atoms with E-state index in [0.29, 0.717) is 12.5 Å². The van der Waals surface area contributed by atoms with Crippen molar-refractivity contribution in [2.24, 2.45) is 0 Å². The van der Waals surface area contributed by atoms with Crippen molar-refractivity contribution >= 4 is 0 Å². The van der Waals surface area contributed by atoms with E-state index in [-0.39, 0.29) is 6.61 Å². The van der Waals surface area contributed by atoms with Crippen LogP contribution in [-0.4, -0.2) is 23.3 Å². The fraction of sp³-hybridized carbons (Fsp3) is 0.375. The Morgan fingerprint density at radius 3 is 3.00 bits per heavy atom. The lowest BCUT2D eigenvalue weighted by atomic mass is 10.4. The Hall–Kier alpha value is -1.09. The fourth-order valence-corrected chi connectivity index (χ4v) is 0.749. The first-order valence-electron chi connectivity index (χ1n) is 3.50. The molecule has 3 heteroatoms. The van der Waals surface area contributed by atoms with Crippen molar-refractivity contribution in [3.63, 3.8) is 0 Å². The van der Waals surface area contributed by atoms with E-state index in [9.17, 15) is 0 Å². The van der Waals surface area contributed by atoms with Crippen molar-refractivity contribution < 1.29 is 9.84 Å². The molecule has 0 fully saturated rings. The van der Waals surface area contributed by atoms with Gasteiger partial charge in [0.2, 0.25) is 5.88 Å². The van der Waals surface area contributed by atoms with E-state index in [1.807, 2.05) is 19.1 Å². The molecule has 0 atom stereocenters. The van der Waals surface area contributed by atoms with Crippen LogP contribution >= 0.6 is 0 Å². The highest BCUT2D eigenvalue weighted by Crippen LogP contribution is 2.05. The molecule has 0 saturated heterocycles. The molecule has 11 heavy (non-hydrogen) atoms. The molecule has 0 amide bonds. The summed E-state index contributed by atoms with van der Waals surface area (Å²) in [5, 5.41) is 8.44. The van der Waals surface area contributed by atoms with Gasteiger partial charge in [0.25, 0.3) is 0 Å². The van der Waals surface area contributed by atoms with Crippen LogP contribution in [0.25, 0.3) is 0 Å². The van der Waals surface area contributed by atoms with E-state index >= 15 is 0 Å². The predicted octanol–water partition coefficient (Wildman–Crippen LogP) is 0.761. The van der Waals surface area contributed by atoms with E-state index in [0.717, 1.165) is 5.69 Å². The van der Waals surface area contributed by atoms with Crippen LogP contribution in [0.15, 0.2) is 18.2 Å². The molecule has 0 radical (unpaired) electrons. The third-order valence-electron chi connectivity index (χ3n) is 1.20. The lowest BCUT2D eigenvalue weighted by Crippen LogP contribution is -2.03. The van der Waals surface area contributed by atoms with Gasteiger partial charge in [-0.3, -0.25) is 0 Å². The third-order valence-corrected chi connectivity index (χ3v) is 1.20. The summed E-state index contributed by atoms with van der Waals surface area (Å²) < 4.78 is 5.07.